The topological polar surface area (TPSA) is 145 Å². The number of likely N-dealkylation sites (tertiary alicyclic amines) is 1. The molecule has 0 aliphatic carbocycles. The van der Waals surface area contributed by atoms with Crippen molar-refractivity contribution in [3.8, 4) is 11.4 Å². The fourth-order valence-corrected chi connectivity index (χ4v) is 5.19. The van der Waals surface area contributed by atoms with Gasteiger partial charge in [-0.3, -0.25) is 19.8 Å². The zero-order valence-electron chi connectivity index (χ0n) is 22.2. The number of hydrogen-bond acceptors (Lipinski definition) is 8. The van der Waals surface area contributed by atoms with Gasteiger partial charge in [-0.25, -0.2) is 14.6 Å². The van der Waals surface area contributed by atoms with Crippen LogP contribution >= 0.6 is 0 Å². The third-order valence-corrected chi connectivity index (χ3v) is 7.35. The first-order chi connectivity index (χ1) is 19.9. The third kappa shape index (κ3) is 5.61. The summed E-state index contributed by atoms with van der Waals surface area (Å²) >= 11 is 0. The fourth-order valence-electron chi connectivity index (χ4n) is 5.19. The van der Waals surface area contributed by atoms with Crippen LogP contribution in [-0.2, 0) is 6.54 Å². The van der Waals surface area contributed by atoms with Crippen LogP contribution in [0.1, 0.15) is 34.8 Å². The summed E-state index contributed by atoms with van der Waals surface area (Å²) in [7, 11) is 0. The van der Waals surface area contributed by atoms with Crippen molar-refractivity contribution in [2.45, 2.75) is 25.4 Å². The lowest BCUT2D eigenvalue weighted by atomic mass is 10.0. The molecule has 3 heterocycles. The molecule has 1 amide bonds. The molecule has 0 atom stereocenters. The number of primary amides is 1. The zero-order chi connectivity index (χ0) is 28.3. The van der Waals surface area contributed by atoms with Gasteiger partial charge < -0.3 is 11.1 Å². The van der Waals surface area contributed by atoms with Crippen LogP contribution in [0, 0.1) is 10.1 Å². The molecule has 0 radical (unpaired) electrons. The van der Waals surface area contributed by atoms with E-state index in [0.29, 0.717) is 34.1 Å². The highest BCUT2D eigenvalue weighted by molar-refractivity contribution is 5.94. The number of carbonyl (C=O) groups is 1. The van der Waals surface area contributed by atoms with E-state index in [-0.39, 0.29) is 11.7 Å². The molecular formula is C30H28N8O3. The van der Waals surface area contributed by atoms with Gasteiger partial charge >= 0.3 is 0 Å². The number of nitro benzene ring substituents is 1. The summed E-state index contributed by atoms with van der Waals surface area (Å²) in [5.41, 5.74) is 8.91. The van der Waals surface area contributed by atoms with Crippen molar-refractivity contribution < 1.29 is 9.72 Å². The summed E-state index contributed by atoms with van der Waals surface area (Å²) in [5.74, 6) is 0.349. The van der Waals surface area contributed by atoms with Gasteiger partial charge in [0.25, 0.3) is 5.69 Å². The average molecular weight is 549 g/mol. The summed E-state index contributed by atoms with van der Waals surface area (Å²) < 4.78 is 1.96. The van der Waals surface area contributed by atoms with E-state index < -0.39 is 10.8 Å². The van der Waals surface area contributed by atoms with E-state index in [1.165, 1.54) is 17.7 Å². The molecule has 6 rings (SSSR count). The number of nitrogens with one attached hydrogen (secondary N) is 1. The van der Waals surface area contributed by atoms with E-state index >= 15 is 0 Å². The molecule has 0 saturated carbocycles. The van der Waals surface area contributed by atoms with Crippen molar-refractivity contribution in [1.82, 2.24) is 24.6 Å². The number of non-ortho nitro benzene ring substituents is 1. The normalized spacial score (nSPS) is 14.2. The maximum Gasteiger partial charge on any atom is 0.270 e. The quantitative estimate of drug-likeness (QED) is 0.202. The number of nitro groups is 1. The van der Waals surface area contributed by atoms with Gasteiger partial charge in [-0.2, -0.15) is 5.10 Å². The predicted molar refractivity (Wildman–Crippen MR) is 156 cm³/mol. The molecule has 206 valence electrons. The van der Waals surface area contributed by atoms with Gasteiger partial charge in [-0.1, -0.05) is 42.5 Å². The third-order valence-electron chi connectivity index (χ3n) is 7.35. The lowest BCUT2D eigenvalue weighted by Crippen LogP contribution is -2.34. The van der Waals surface area contributed by atoms with E-state index in [1.54, 1.807) is 42.6 Å². The summed E-state index contributed by atoms with van der Waals surface area (Å²) in [6.45, 7) is 2.78. The number of fused-ring (bicyclic) bond motifs is 1. The van der Waals surface area contributed by atoms with Gasteiger partial charge in [0, 0.05) is 48.6 Å². The zero-order valence-corrected chi connectivity index (χ0v) is 22.2. The van der Waals surface area contributed by atoms with Gasteiger partial charge in [-0.05, 0) is 42.7 Å². The van der Waals surface area contributed by atoms with Crippen LogP contribution in [0.3, 0.4) is 0 Å². The first-order valence-electron chi connectivity index (χ1n) is 13.4. The van der Waals surface area contributed by atoms with Crippen LogP contribution in [0.4, 0.5) is 17.2 Å². The summed E-state index contributed by atoms with van der Waals surface area (Å²) in [4.78, 5) is 34.6. The van der Waals surface area contributed by atoms with Gasteiger partial charge in [0.15, 0.2) is 11.5 Å². The number of nitrogens with zero attached hydrogens (tertiary/aromatic N) is 6. The Morgan fingerprint density at radius 1 is 1.00 bits per heavy atom. The first kappa shape index (κ1) is 26.1. The van der Waals surface area contributed by atoms with E-state index in [0.717, 1.165) is 37.9 Å². The molecule has 41 heavy (non-hydrogen) atoms. The largest absolute Gasteiger partial charge is 0.366 e. The average Bonchev–Trinajstić information content (AvgIpc) is 3.43. The number of anilines is 2. The molecule has 11 heteroatoms. The van der Waals surface area contributed by atoms with Crippen LogP contribution in [0.2, 0.25) is 0 Å². The first-order valence-corrected chi connectivity index (χ1v) is 13.4. The highest BCUT2D eigenvalue weighted by atomic mass is 16.6. The number of piperidine rings is 1. The highest BCUT2D eigenvalue weighted by Gasteiger charge is 2.25. The van der Waals surface area contributed by atoms with Crippen LogP contribution < -0.4 is 11.1 Å². The van der Waals surface area contributed by atoms with E-state index in [9.17, 15) is 14.9 Å². The second kappa shape index (κ2) is 11.1. The van der Waals surface area contributed by atoms with Crippen molar-refractivity contribution in [1.29, 1.82) is 0 Å². The van der Waals surface area contributed by atoms with E-state index in [2.05, 4.69) is 34.5 Å². The number of amides is 1. The molecule has 1 saturated heterocycles. The standard InChI is InChI=1S/C30H28N8O3/c31-27(39)21-9-11-23(12-10-21)33-29-26-18-32-37(24-13-15-36(16-14-24)19-20-5-2-1-3-6-20)30(26)35-28(34-29)22-7-4-8-25(17-22)38(40)41/h1-12,17-18,24H,13-16,19H2,(H2,31,39)(H,33,34,35). The number of hydrogen-bond donors (Lipinski definition) is 2. The van der Waals surface area contributed by atoms with Crippen LogP contribution in [-0.4, -0.2) is 48.6 Å². The highest BCUT2D eigenvalue weighted by Crippen LogP contribution is 2.32. The molecule has 3 N–H and O–H groups in total. The van der Waals surface area contributed by atoms with Gasteiger partial charge in [0.2, 0.25) is 5.91 Å². The van der Waals surface area contributed by atoms with Crippen molar-refractivity contribution >= 4 is 34.1 Å². The number of aromatic nitrogens is 4. The van der Waals surface area contributed by atoms with Crippen molar-refractivity contribution in [3.05, 3.63) is 106 Å². The molecule has 3 aromatic carbocycles. The maximum absolute atomic E-state index is 11.5. The lowest BCUT2D eigenvalue weighted by Gasteiger charge is -2.32. The monoisotopic (exact) mass is 548 g/mol. The number of rotatable bonds is 8. The molecular weight excluding hydrogens is 520 g/mol. The second-order valence-electron chi connectivity index (χ2n) is 10.1. The minimum atomic E-state index is -0.509. The lowest BCUT2D eigenvalue weighted by molar-refractivity contribution is -0.384. The van der Waals surface area contributed by atoms with Gasteiger partial charge in [0.1, 0.15) is 5.82 Å². The molecule has 0 bridgehead atoms. The fraction of sp³-hybridized carbons (Fsp3) is 0.200. The van der Waals surface area contributed by atoms with Crippen molar-refractivity contribution in [3.63, 3.8) is 0 Å². The second-order valence-corrected chi connectivity index (χ2v) is 10.1. The molecule has 11 nitrogen and oxygen atoms in total. The van der Waals surface area contributed by atoms with Gasteiger partial charge in [-0.15, -0.1) is 0 Å². The maximum atomic E-state index is 11.5. The smallest absolute Gasteiger partial charge is 0.270 e. The van der Waals surface area contributed by atoms with Crippen LogP contribution in [0.5, 0.6) is 0 Å². The van der Waals surface area contributed by atoms with Crippen LogP contribution in [0.15, 0.2) is 85.1 Å². The van der Waals surface area contributed by atoms with Crippen LogP contribution in [0.25, 0.3) is 22.4 Å². The molecule has 0 unspecified atom stereocenters. The Morgan fingerprint density at radius 2 is 1.76 bits per heavy atom. The minimum absolute atomic E-state index is 0.0398. The predicted octanol–water partition coefficient (Wildman–Crippen LogP) is 5.08. The summed E-state index contributed by atoms with van der Waals surface area (Å²) in [5, 5.41) is 20.2. The summed E-state index contributed by atoms with van der Waals surface area (Å²) in [6.07, 6.45) is 3.58. The Labute approximate surface area is 235 Å². The van der Waals surface area contributed by atoms with E-state index in [1.807, 2.05) is 10.7 Å². The Kier molecular flexibility index (Phi) is 7.09. The van der Waals surface area contributed by atoms with Gasteiger partial charge in [0.05, 0.1) is 22.5 Å². The number of nitrogens with two attached hydrogens (primary N) is 1. The Morgan fingerprint density at radius 3 is 2.46 bits per heavy atom. The molecule has 2 aromatic heterocycles. The number of carbonyl (C=O) groups excluding carboxylic acids is 1. The molecule has 0 spiro atoms. The Balaban J connectivity index is 1.34. The minimum Gasteiger partial charge on any atom is -0.366 e. The molecule has 1 fully saturated rings. The Hall–Kier alpha value is -5.16. The molecule has 5 aromatic rings. The Bertz CT molecular complexity index is 1710. The number of benzene rings is 3. The molecule has 1 aliphatic rings. The van der Waals surface area contributed by atoms with E-state index in [4.69, 9.17) is 20.8 Å². The van der Waals surface area contributed by atoms with Crippen molar-refractivity contribution in [2.24, 2.45) is 5.73 Å². The SMILES string of the molecule is NC(=O)c1ccc(Nc2nc(-c3cccc([N+](=O)[O-])c3)nc3c2cnn3C2CCN(Cc3ccccc3)CC2)cc1. The van der Waals surface area contributed by atoms with Crippen molar-refractivity contribution in [2.75, 3.05) is 18.4 Å². The molecule has 1 aliphatic heterocycles. The summed E-state index contributed by atoms with van der Waals surface area (Å²) in [6, 6.07) is 23.6.